The van der Waals surface area contributed by atoms with Gasteiger partial charge in [0.05, 0.1) is 24.7 Å². The van der Waals surface area contributed by atoms with Crippen LogP contribution in [0.1, 0.15) is 23.0 Å². The Morgan fingerprint density at radius 3 is 2.59 bits per heavy atom. The van der Waals surface area contributed by atoms with Gasteiger partial charge >= 0.3 is 0 Å². The smallest absolute Gasteiger partial charge is 0.274 e. The normalized spacial score (nSPS) is 14.9. The molecule has 1 aromatic carbocycles. The number of halogens is 1. The first kappa shape index (κ1) is 19.5. The lowest BCUT2D eigenvalue weighted by Crippen LogP contribution is -2.46. The second kappa shape index (κ2) is 8.59. The number of anilines is 2. The molecular weight excluding hydrogens is 364 g/mol. The van der Waals surface area contributed by atoms with Crippen molar-refractivity contribution in [3.8, 4) is 5.75 Å². The molecule has 2 aromatic rings. The van der Waals surface area contributed by atoms with Gasteiger partial charge in [-0.1, -0.05) is 18.5 Å². The minimum atomic E-state index is -0.280. The van der Waals surface area contributed by atoms with Crippen LogP contribution in [0, 0.1) is 6.92 Å². The Morgan fingerprint density at radius 2 is 2.00 bits per heavy atom. The number of rotatable bonds is 5. The van der Waals surface area contributed by atoms with E-state index in [1.165, 1.54) is 0 Å². The Kier molecular flexibility index (Phi) is 6.19. The van der Waals surface area contributed by atoms with Crippen LogP contribution in [0.2, 0.25) is 5.02 Å². The Hall–Kier alpha value is -2.31. The first-order valence-corrected chi connectivity index (χ1v) is 9.48. The zero-order chi connectivity index (χ0) is 19.4. The third kappa shape index (κ3) is 4.51. The number of aryl methyl sites for hydroxylation is 1. The summed E-state index contributed by atoms with van der Waals surface area (Å²) in [7, 11) is 1.54. The summed E-state index contributed by atoms with van der Waals surface area (Å²) in [5.74, 6) is 0.238. The monoisotopic (exact) mass is 388 g/mol. The average molecular weight is 389 g/mol. The molecule has 1 aromatic heterocycles. The highest BCUT2D eigenvalue weighted by Gasteiger charge is 2.17. The van der Waals surface area contributed by atoms with Crippen LogP contribution < -0.4 is 15.0 Å². The van der Waals surface area contributed by atoms with Crippen molar-refractivity contribution in [1.29, 1.82) is 0 Å². The molecular formula is C20H25ClN4O2. The summed E-state index contributed by atoms with van der Waals surface area (Å²) in [5, 5.41) is 3.45. The van der Waals surface area contributed by atoms with Crippen LogP contribution in [0.25, 0.3) is 0 Å². The lowest BCUT2D eigenvalue weighted by atomic mass is 10.2. The molecule has 0 atom stereocenters. The molecule has 144 valence electrons. The van der Waals surface area contributed by atoms with Crippen LogP contribution in [0.3, 0.4) is 0 Å². The zero-order valence-electron chi connectivity index (χ0n) is 16.0. The first-order chi connectivity index (χ1) is 13.0. The van der Waals surface area contributed by atoms with E-state index in [4.69, 9.17) is 16.3 Å². The zero-order valence-corrected chi connectivity index (χ0v) is 16.7. The van der Waals surface area contributed by atoms with Crippen molar-refractivity contribution in [3.63, 3.8) is 0 Å². The SMILES string of the molecule is CCN1CCN(c2ccc(C(=O)Nc3cc(C)c(Cl)cc3OC)nc2)CC1. The molecule has 0 unspecified atom stereocenters. The van der Waals surface area contributed by atoms with Gasteiger partial charge in [0, 0.05) is 37.3 Å². The lowest BCUT2D eigenvalue weighted by molar-refractivity contribution is 0.102. The standard InChI is InChI=1S/C20H25ClN4O2/c1-4-24-7-9-25(10-8-24)15-5-6-17(22-13-15)20(26)23-18-11-14(2)16(21)12-19(18)27-3/h5-6,11-13H,4,7-10H2,1-3H3,(H,23,26). The second-order valence-electron chi connectivity index (χ2n) is 6.58. The van der Waals surface area contributed by atoms with Gasteiger partial charge in [0.25, 0.3) is 5.91 Å². The number of likely N-dealkylation sites (N-methyl/N-ethyl adjacent to an activating group) is 1. The van der Waals surface area contributed by atoms with E-state index in [0.29, 0.717) is 22.2 Å². The molecule has 1 fully saturated rings. The summed E-state index contributed by atoms with van der Waals surface area (Å²) in [6.45, 7) is 9.19. The average Bonchev–Trinajstić information content (AvgIpc) is 2.70. The van der Waals surface area contributed by atoms with Crippen LogP contribution in [0.15, 0.2) is 30.5 Å². The summed E-state index contributed by atoms with van der Waals surface area (Å²) in [4.78, 5) is 21.6. The van der Waals surface area contributed by atoms with Crippen molar-refractivity contribution in [2.75, 3.05) is 50.1 Å². The summed E-state index contributed by atoms with van der Waals surface area (Å²) >= 11 is 6.11. The number of hydrogen-bond acceptors (Lipinski definition) is 5. The number of aromatic nitrogens is 1. The van der Waals surface area contributed by atoms with Gasteiger partial charge in [0.15, 0.2) is 0 Å². The summed E-state index contributed by atoms with van der Waals surface area (Å²) in [5.41, 5.74) is 2.84. The van der Waals surface area contributed by atoms with E-state index >= 15 is 0 Å². The number of hydrogen-bond donors (Lipinski definition) is 1. The topological polar surface area (TPSA) is 57.7 Å². The van der Waals surface area contributed by atoms with Gasteiger partial charge in [0.2, 0.25) is 0 Å². The van der Waals surface area contributed by atoms with Crippen molar-refractivity contribution in [3.05, 3.63) is 46.7 Å². The van der Waals surface area contributed by atoms with E-state index in [1.54, 1.807) is 31.5 Å². The summed E-state index contributed by atoms with van der Waals surface area (Å²) in [6, 6.07) is 7.19. The minimum absolute atomic E-state index is 0.280. The van der Waals surface area contributed by atoms with E-state index in [-0.39, 0.29) is 5.91 Å². The lowest BCUT2D eigenvalue weighted by Gasteiger charge is -2.35. The quantitative estimate of drug-likeness (QED) is 0.850. The van der Waals surface area contributed by atoms with Crippen LogP contribution >= 0.6 is 11.6 Å². The van der Waals surface area contributed by atoms with Crippen LogP contribution in [0.5, 0.6) is 5.75 Å². The van der Waals surface area contributed by atoms with Gasteiger partial charge in [-0.3, -0.25) is 4.79 Å². The molecule has 27 heavy (non-hydrogen) atoms. The molecule has 7 heteroatoms. The molecule has 0 aliphatic carbocycles. The Bertz CT molecular complexity index is 802. The van der Waals surface area contributed by atoms with Crippen molar-refractivity contribution in [1.82, 2.24) is 9.88 Å². The number of nitrogens with zero attached hydrogens (tertiary/aromatic N) is 3. The summed E-state index contributed by atoms with van der Waals surface area (Å²) in [6.07, 6.45) is 1.76. The molecule has 0 spiro atoms. The predicted octanol–water partition coefficient (Wildman–Crippen LogP) is 3.45. The van der Waals surface area contributed by atoms with Crippen molar-refractivity contribution < 1.29 is 9.53 Å². The number of pyridine rings is 1. The van der Waals surface area contributed by atoms with E-state index in [9.17, 15) is 4.79 Å². The van der Waals surface area contributed by atoms with E-state index in [1.807, 2.05) is 13.0 Å². The number of carbonyl (C=O) groups excluding carboxylic acids is 1. The number of carbonyl (C=O) groups is 1. The number of methoxy groups -OCH3 is 1. The molecule has 1 N–H and O–H groups in total. The third-order valence-electron chi connectivity index (χ3n) is 4.89. The first-order valence-electron chi connectivity index (χ1n) is 9.10. The molecule has 1 amide bonds. The number of nitrogens with one attached hydrogen (secondary N) is 1. The fourth-order valence-electron chi connectivity index (χ4n) is 3.15. The van der Waals surface area contributed by atoms with E-state index in [2.05, 4.69) is 27.0 Å². The van der Waals surface area contributed by atoms with Crippen LogP contribution in [-0.4, -0.2) is 55.6 Å². The number of ether oxygens (including phenoxy) is 1. The Labute approximate surface area is 165 Å². The molecule has 6 nitrogen and oxygen atoms in total. The molecule has 0 saturated carbocycles. The maximum Gasteiger partial charge on any atom is 0.274 e. The molecule has 1 aliphatic heterocycles. The van der Waals surface area contributed by atoms with Gasteiger partial charge in [-0.05, 0) is 37.2 Å². The molecule has 0 radical (unpaired) electrons. The Balaban J connectivity index is 1.69. The summed E-state index contributed by atoms with van der Waals surface area (Å²) < 4.78 is 5.30. The highest BCUT2D eigenvalue weighted by molar-refractivity contribution is 6.31. The van der Waals surface area contributed by atoms with Gasteiger partial charge in [-0.15, -0.1) is 0 Å². The largest absolute Gasteiger partial charge is 0.495 e. The highest BCUT2D eigenvalue weighted by Crippen LogP contribution is 2.31. The molecule has 3 rings (SSSR count). The highest BCUT2D eigenvalue weighted by atomic mass is 35.5. The predicted molar refractivity (Wildman–Crippen MR) is 109 cm³/mol. The van der Waals surface area contributed by atoms with Gasteiger partial charge in [-0.25, -0.2) is 4.98 Å². The van der Waals surface area contributed by atoms with Gasteiger partial charge < -0.3 is 19.9 Å². The molecule has 1 aliphatic rings. The van der Waals surface area contributed by atoms with Crippen molar-refractivity contribution in [2.24, 2.45) is 0 Å². The number of piperazine rings is 1. The van der Waals surface area contributed by atoms with Crippen molar-refractivity contribution in [2.45, 2.75) is 13.8 Å². The Morgan fingerprint density at radius 1 is 1.26 bits per heavy atom. The molecule has 1 saturated heterocycles. The van der Waals surface area contributed by atoms with Crippen LogP contribution in [-0.2, 0) is 0 Å². The van der Waals surface area contributed by atoms with Gasteiger partial charge in [-0.2, -0.15) is 0 Å². The molecule has 0 bridgehead atoms. The number of benzene rings is 1. The van der Waals surface area contributed by atoms with Gasteiger partial charge in [0.1, 0.15) is 11.4 Å². The fourth-order valence-corrected chi connectivity index (χ4v) is 3.30. The van der Waals surface area contributed by atoms with E-state index in [0.717, 1.165) is 44.0 Å². The van der Waals surface area contributed by atoms with Crippen molar-refractivity contribution >= 4 is 28.9 Å². The number of amides is 1. The minimum Gasteiger partial charge on any atom is -0.495 e. The fraction of sp³-hybridized carbons (Fsp3) is 0.400. The molecule has 2 heterocycles. The van der Waals surface area contributed by atoms with Crippen LogP contribution in [0.4, 0.5) is 11.4 Å². The second-order valence-corrected chi connectivity index (χ2v) is 6.99. The van der Waals surface area contributed by atoms with E-state index < -0.39 is 0 Å². The maximum atomic E-state index is 12.6. The third-order valence-corrected chi connectivity index (χ3v) is 5.30. The maximum absolute atomic E-state index is 12.6.